The molecule has 24 heavy (non-hydrogen) atoms. The van der Waals surface area contributed by atoms with Gasteiger partial charge in [0.25, 0.3) is 0 Å². The SMILES string of the molecule is CN(C(=O)OC(C)(C)C)C(/C=C/C(=O)O)Cc1ccc(Cl)c(Cl)c1. The molecule has 0 aliphatic heterocycles. The van der Waals surface area contributed by atoms with Gasteiger partial charge >= 0.3 is 12.1 Å². The van der Waals surface area contributed by atoms with Gasteiger partial charge in [-0.05, 0) is 44.9 Å². The molecule has 132 valence electrons. The molecule has 0 radical (unpaired) electrons. The average Bonchev–Trinajstić information content (AvgIpc) is 2.44. The molecule has 0 spiro atoms. The molecule has 1 atom stereocenters. The molecule has 0 aliphatic rings. The Morgan fingerprint density at radius 1 is 1.29 bits per heavy atom. The number of likely N-dealkylation sites (N-methyl/N-ethyl adjacent to an activating group) is 1. The summed E-state index contributed by atoms with van der Waals surface area (Å²) in [5, 5.41) is 9.68. The minimum Gasteiger partial charge on any atom is -0.478 e. The van der Waals surface area contributed by atoms with Crippen LogP contribution < -0.4 is 0 Å². The van der Waals surface area contributed by atoms with Crippen LogP contribution in [0.3, 0.4) is 0 Å². The quantitative estimate of drug-likeness (QED) is 0.776. The van der Waals surface area contributed by atoms with E-state index in [0.717, 1.165) is 11.6 Å². The highest BCUT2D eigenvalue weighted by Gasteiger charge is 2.24. The predicted molar refractivity (Wildman–Crippen MR) is 94.7 cm³/mol. The van der Waals surface area contributed by atoms with E-state index in [0.29, 0.717) is 16.5 Å². The maximum absolute atomic E-state index is 12.2. The summed E-state index contributed by atoms with van der Waals surface area (Å²) < 4.78 is 5.33. The van der Waals surface area contributed by atoms with Crippen molar-refractivity contribution in [2.75, 3.05) is 7.05 Å². The van der Waals surface area contributed by atoms with Gasteiger partial charge in [-0.1, -0.05) is 35.3 Å². The maximum Gasteiger partial charge on any atom is 0.410 e. The summed E-state index contributed by atoms with van der Waals surface area (Å²) in [4.78, 5) is 24.4. The number of amides is 1. The van der Waals surface area contributed by atoms with E-state index in [4.69, 9.17) is 33.0 Å². The number of benzene rings is 1. The molecule has 1 aromatic rings. The second-order valence-corrected chi connectivity index (χ2v) is 7.12. The monoisotopic (exact) mass is 373 g/mol. The molecule has 1 rings (SSSR count). The van der Waals surface area contributed by atoms with E-state index in [1.807, 2.05) is 0 Å². The van der Waals surface area contributed by atoms with Crippen LogP contribution in [0.4, 0.5) is 4.79 Å². The molecule has 1 aromatic carbocycles. The fourth-order valence-corrected chi connectivity index (χ4v) is 2.23. The van der Waals surface area contributed by atoms with Crippen LogP contribution in [0, 0.1) is 0 Å². The molecule has 0 fully saturated rings. The first-order chi connectivity index (χ1) is 11.0. The zero-order valence-corrected chi connectivity index (χ0v) is 15.6. The first kappa shape index (κ1) is 20.3. The fraction of sp³-hybridized carbons (Fsp3) is 0.412. The first-order valence-corrected chi connectivity index (χ1v) is 8.06. The molecule has 0 heterocycles. The van der Waals surface area contributed by atoms with Crippen molar-refractivity contribution in [3.8, 4) is 0 Å². The number of halogens is 2. The van der Waals surface area contributed by atoms with E-state index < -0.39 is 23.7 Å². The highest BCUT2D eigenvalue weighted by Crippen LogP contribution is 2.24. The van der Waals surface area contributed by atoms with Gasteiger partial charge in [0.15, 0.2) is 0 Å². The van der Waals surface area contributed by atoms with Gasteiger partial charge in [-0.15, -0.1) is 0 Å². The summed E-state index contributed by atoms with van der Waals surface area (Å²) >= 11 is 11.9. The van der Waals surface area contributed by atoms with Gasteiger partial charge in [-0.3, -0.25) is 0 Å². The standard InChI is InChI=1S/C17H21Cl2NO4/c1-17(2,3)24-16(23)20(4)12(6-8-15(21)22)9-11-5-7-13(18)14(19)10-11/h5-8,10,12H,9H2,1-4H3,(H,21,22)/b8-6+. The molecule has 1 unspecified atom stereocenters. The zero-order valence-electron chi connectivity index (χ0n) is 14.0. The molecule has 0 aliphatic carbocycles. The highest BCUT2D eigenvalue weighted by molar-refractivity contribution is 6.42. The van der Waals surface area contributed by atoms with Crippen LogP contribution in [-0.2, 0) is 16.0 Å². The molecule has 0 aromatic heterocycles. The molecule has 1 amide bonds. The van der Waals surface area contributed by atoms with E-state index in [9.17, 15) is 9.59 Å². The Balaban J connectivity index is 3.00. The van der Waals surface area contributed by atoms with Crippen LogP contribution in [0.1, 0.15) is 26.3 Å². The van der Waals surface area contributed by atoms with Gasteiger partial charge in [-0.2, -0.15) is 0 Å². The van der Waals surface area contributed by atoms with Crippen LogP contribution in [0.2, 0.25) is 10.0 Å². The number of carboxylic acids is 1. The molecular formula is C17H21Cl2NO4. The normalized spacial score (nSPS) is 12.9. The van der Waals surface area contributed by atoms with Gasteiger partial charge in [0.05, 0.1) is 16.1 Å². The molecule has 0 saturated carbocycles. The van der Waals surface area contributed by atoms with Crippen LogP contribution >= 0.6 is 23.2 Å². The Bertz CT molecular complexity index is 638. The number of aliphatic carboxylic acids is 1. The minimum atomic E-state index is -1.09. The number of rotatable bonds is 5. The maximum atomic E-state index is 12.2. The smallest absolute Gasteiger partial charge is 0.410 e. The van der Waals surface area contributed by atoms with Gasteiger partial charge < -0.3 is 14.7 Å². The first-order valence-electron chi connectivity index (χ1n) is 7.30. The lowest BCUT2D eigenvalue weighted by molar-refractivity contribution is -0.131. The molecular weight excluding hydrogens is 353 g/mol. The van der Waals surface area contributed by atoms with Gasteiger partial charge in [0.2, 0.25) is 0 Å². The fourth-order valence-electron chi connectivity index (χ4n) is 1.90. The summed E-state index contributed by atoms with van der Waals surface area (Å²) in [7, 11) is 1.56. The lowest BCUT2D eigenvalue weighted by atomic mass is 10.0. The van der Waals surface area contributed by atoms with Crippen LogP contribution in [0.25, 0.3) is 0 Å². The number of carbonyl (C=O) groups is 2. The summed E-state index contributed by atoms with van der Waals surface area (Å²) in [5.41, 5.74) is 0.176. The van der Waals surface area contributed by atoms with Crippen molar-refractivity contribution in [1.29, 1.82) is 0 Å². The Kier molecular flexibility index (Phi) is 7.11. The molecule has 0 bridgehead atoms. The summed E-state index contributed by atoms with van der Waals surface area (Å²) in [6.07, 6.45) is 2.27. The van der Waals surface area contributed by atoms with Crippen molar-refractivity contribution in [2.45, 2.75) is 38.8 Å². The highest BCUT2D eigenvalue weighted by atomic mass is 35.5. The predicted octanol–water partition coefficient (Wildman–Crippen LogP) is 4.41. The minimum absolute atomic E-state index is 0.371. The number of carbonyl (C=O) groups excluding carboxylic acids is 1. The number of nitrogens with zero attached hydrogens (tertiary/aromatic N) is 1. The Morgan fingerprint density at radius 3 is 2.42 bits per heavy atom. The van der Waals surface area contributed by atoms with Gasteiger partial charge in [0.1, 0.15) is 5.60 Å². The van der Waals surface area contributed by atoms with E-state index in [-0.39, 0.29) is 0 Å². The van der Waals surface area contributed by atoms with E-state index in [2.05, 4.69) is 0 Å². The third-order valence-electron chi connectivity index (χ3n) is 3.07. The lowest BCUT2D eigenvalue weighted by Crippen LogP contribution is -2.41. The summed E-state index contributed by atoms with van der Waals surface area (Å²) in [5.74, 6) is -1.09. The summed E-state index contributed by atoms with van der Waals surface area (Å²) in [6.45, 7) is 5.29. The van der Waals surface area contributed by atoms with Crippen molar-refractivity contribution >= 4 is 35.3 Å². The van der Waals surface area contributed by atoms with Crippen molar-refractivity contribution in [2.24, 2.45) is 0 Å². The van der Waals surface area contributed by atoms with E-state index in [1.54, 1.807) is 46.0 Å². The van der Waals surface area contributed by atoms with Gasteiger partial charge in [-0.25, -0.2) is 9.59 Å². The third kappa shape index (κ3) is 6.81. The number of hydrogen-bond donors (Lipinski definition) is 1. The molecule has 7 heteroatoms. The molecule has 5 nitrogen and oxygen atoms in total. The largest absolute Gasteiger partial charge is 0.478 e. The van der Waals surface area contributed by atoms with E-state index >= 15 is 0 Å². The third-order valence-corrected chi connectivity index (χ3v) is 3.81. The van der Waals surface area contributed by atoms with Crippen molar-refractivity contribution in [3.63, 3.8) is 0 Å². The van der Waals surface area contributed by atoms with E-state index in [1.165, 1.54) is 11.0 Å². The van der Waals surface area contributed by atoms with Crippen molar-refractivity contribution in [3.05, 3.63) is 46.0 Å². The van der Waals surface area contributed by atoms with Crippen LogP contribution in [0.5, 0.6) is 0 Å². The second-order valence-electron chi connectivity index (χ2n) is 6.31. The van der Waals surface area contributed by atoms with Crippen molar-refractivity contribution < 1.29 is 19.4 Å². The Morgan fingerprint density at radius 2 is 1.92 bits per heavy atom. The lowest BCUT2D eigenvalue weighted by Gasteiger charge is -2.29. The number of hydrogen-bond acceptors (Lipinski definition) is 3. The number of carboxylic acid groups (broad SMARTS) is 1. The molecule has 0 saturated heterocycles. The zero-order chi connectivity index (χ0) is 18.5. The number of ether oxygens (including phenoxy) is 1. The Labute approximate surface area is 151 Å². The van der Waals surface area contributed by atoms with Crippen LogP contribution in [0.15, 0.2) is 30.4 Å². The average molecular weight is 374 g/mol. The Hall–Kier alpha value is -1.72. The van der Waals surface area contributed by atoms with Crippen LogP contribution in [-0.4, -0.2) is 40.8 Å². The topological polar surface area (TPSA) is 66.8 Å². The van der Waals surface area contributed by atoms with Gasteiger partial charge in [0, 0.05) is 13.1 Å². The van der Waals surface area contributed by atoms with Crippen molar-refractivity contribution in [1.82, 2.24) is 4.90 Å². The summed E-state index contributed by atoms with van der Waals surface area (Å²) in [6, 6.07) is 4.62. The molecule has 1 N–H and O–H groups in total. The second kappa shape index (κ2) is 8.40.